The Bertz CT molecular complexity index is 474. The summed E-state index contributed by atoms with van der Waals surface area (Å²) in [5.74, 6) is 0. The molecular formula is C17H26N2O. The van der Waals surface area contributed by atoms with Gasteiger partial charge < -0.3 is 10.1 Å². The van der Waals surface area contributed by atoms with Crippen molar-refractivity contribution >= 4 is 0 Å². The van der Waals surface area contributed by atoms with Crippen molar-refractivity contribution in [2.75, 3.05) is 26.7 Å². The number of morpholine rings is 1. The lowest BCUT2D eigenvalue weighted by Crippen LogP contribution is -2.50. The Morgan fingerprint density at radius 3 is 3.00 bits per heavy atom. The van der Waals surface area contributed by atoms with Crippen molar-refractivity contribution in [2.45, 2.75) is 44.9 Å². The van der Waals surface area contributed by atoms with Crippen LogP contribution in [-0.4, -0.2) is 43.8 Å². The molecule has 3 rings (SSSR count). The predicted octanol–water partition coefficient (Wildman–Crippen LogP) is 2.43. The molecule has 2 heterocycles. The average Bonchev–Trinajstić information content (AvgIpc) is 2.92. The van der Waals surface area contributed by atoms with Crippen LogP contribution >= 0.6 is 0 Å². The molecule has 110 valence electrons. The lowest BCUT2D eigenvalue weighted by atomic mass is 9.93. The molecule has 2 fully saturated rings. The molecule has 1 aromatic carbocycles. The maximum absolute atomic E-state index is 6.19. The highest BCUT2D eigenvalue weighted by molar-refractivity contribution is 5.36. The fourth-order valence-electron chi connectivity index (χ4n) is 3.70. The van der Waals surface area contributed by atoms with Gasteiger partial charge in [0.2, 0.25) is 0 Å². The lowest BCUT2D eigenvalue weighted by molar-refractivity contribution is -0.0643. The summed E-state index contributed by atoms with van der Waals surface area (Å²) in [6.45, 7) is 7.60. The van der Waals surface area contributed by atoms with Crippen molar-refractivity contribution in [1.29, 1.82) is 0 Å². The van der Waals surface area contributed by atoms with Crippen LogP contribution in [0.3, 0.4) is 0 Å². The monoisotopic (exact) mass is 274 g/mol. The third-order valence-corrected chi connectivity index (χ3v) is 5.08. The molecule has 2 saturated heterocycles. The van der Waals surface area contributed by atoms with Gasteiger partial charge in [0.15, 0.2) is 0 Å². The van der Waals surface area contributed by atoms with Gasteiger partial charge >= 0.3 is 0 Å². The zero-order valence-electron chi connectivity index (χ0n) is 12.9. The van der Waals surface area contributed by atoms with Crippen LogP contribution in [0.1, 0.15) is 35.6 Å². The van der Waals surface area contributed by atoms with E-state index in [2.05, 4.69) is 42.3 Å². The van der Waals surface area contributed by atoms with Crippen molar-refractivity contribution < 1.29 is 4.74 Å². The minimum atomic E-state index is 0.259. The molecule has 1 N–H and O–H groups in total. The van der Waals surface area contributed by atoms with Crippen LogP contribution in [-0.2, 0) is 4.74 Å². The van der Waals surface area contributed by atoms with Crippen molar-refractivity contribution in [3.8, 4) is 0 Å². The first-order valence-electron chi connectivity index (χ1n) is 7.79. The van der Waals surface area contributed by atoms with Crippen LogP contribution in [0.2, 0.25) is 0 Å². The van der Waals surface area contributed by atoms with Gasteiger partial charge in [-0.2, -0.15) is 0 Å². The highest BCUT2D eigenvalue weighted by atomic mass is 16.5. The van der Waals surface area contributed by atoms with Crippen LogP contribution in [0, 0.1) is 13.8 Å². The number of benzene rings is 1. The van der Waals surface area contributed by atoms with Crippen LogP contribution < -0.4 is 5.32 Å². The molecule has 20 heavy (non-hydrogen) atoms. The number of ether oxygens (including phenoxy) is 1. The molecule has 1 aromatic rings. The second kappa shape index (κ2) is 5.84. The number of aryl methyl sites for hydroxylation is 1. The summed E-state index contributed by atoms with van der Waals surface area (Å²) in [5, 5.41) is 3.48. The number of rotatable bonds is 3. The Morgan fingerprint density at radius 1 is 1.35 bits per heavy atom. The number of hydrogen-bond donors (Lipinski definition) is 1. The molecule has 0 aromatic heterocycles. The maximum Gasteiger partial charge on any atom is 0.0897 e. The SMILES string of the molecule is CNC(c1cccc(C)c1C)C1CN2CCCC2CO1. The highest BCUT2D eigenvalue weighted by Gasteiger charge is 2.36. The second-order valence-corrected chi connectivity index (χ2v) is 6.22. The van der Waals surface area contributed by atoms with Crippen molar-refractivity contribution in [2.24, 2.45) is 0 Å². The summed E-state index contributed by atoms with van der Waals surface area (Å²) in [5.41, 5.74) is 4.13. The summed E-state index contributed by atoms with van der Waals surface area (Å²) in [6.07, 6.45) is 2.89. The van der Waals surface area contributed by atoms with E-state index in [0.717, 1.165) is 13.2 Å². The Morgan fingerprint density at radius 2 is 2.20 bits per heavy atom. The summed E-state index contributed by atoms with van der Waals surface area (Å²) < 4.78 is 6.19. The summed E-state index contributed by atoms with van der Waals surface area (Å²) >= 11 is 0. The summed E-state index contributed by atoms with van der Waals surface area (Å²) in [4.78, 5) is 2.61. The zero-order valence-corrected chi connectivity index (χ0v) is 12.9. The molecule has 3 nitrogen and oxygen atoms in total. The number of likely N-dealkylation sites (N-methyl/N-ethyl adjacent to an activating group) is 1. The number of nitrogens with zero attached hydrogens (tertiary/aromatic N) is 1. The van der Waals surface area contributed by atoms with E-state index in [1.165, 1.54) is 36.1 Å². The third-order valence-electron chi connectivity index (χ3n) is 5.08. The Balaban J connectivity index is 1.81. The van der Waals surface area contributed by atoms with Gasteiger partial charge in [0.05, 0.1) is 18.8 Å². The normalized spacial score (nSPS) is 28.4. The van der Waals surface area contributed by atoms with Gasteiger partial charge in [0, 0.05) is 12.6 Å². The molecule has 3 heteroatoms. The standard InChI is InChI=1S/C17H26N2O/c1-12-6-4-8-15(13(12)2)17(18-3)16-10-19-9-5-7-14(19)11-20-16/h4,6,8,14,16-18H,5,7,9-11H2,1-3H3. The Labute approximate surface area is 122 Å². The van der Waals surface area contributed by atoms with Gasteiger partial charge in [-0.15, -0.1) is 0 Å². The average molecular weight is 274 g/mol. The van der Waals surface area contributed by atoms with E-state index < -0.39 is 0 Å². The van der Waals surface area contributed by atoms with Crippen molar-refractivity contribution in [3.63, 3.8) is 0 Å². The third kappa shape index (κ3) is 2.50. The fraction of sp³-hybridized carbons (Fsp3) is 0.647. The molecule has 0 spiro atoms. The predicted molar refractivity (Wildman–Crippen MR) is 82.1 cm³/mol. The van der Waals surface area contributed by atoms with Gasteiger partial charge in [-0.3, -0.25) is 4.90 Å². The largest absolute Gasteiger partial charge is 0.373 e. The molecule has 0 bridgehead atoms. The molecule has 2 aliphatic rings. The van der Waals surface area contributed by atoms with Gasteiger partial charge in [-0.1, -0.05) is 18.2 Å². The van der Waals surface area contributed by atoms with E-state index in [4.69, 9.17) is 4.74 Å². The molecular weight excluding hydrogens is 248 g/mol. The van der Waals surface area contributed by atoms with E-state index in [0.29, 0.717) is 6.04 Å². The molecule has 3 unspecified atom stereocenters. The van der Waals surface area contributed by atoms with Crippen molar-refractivity contribution in [1.82, 2.24) is 10.2 Å². The zero-order chi connectivity index (χ0) is 14.1. The molecule has 3 atom stereocenters. The summed E-state index contributed by atoms with van der Waals surface area (Å²) in [6, 6.07) is 7.54. The molecule has 0 radical (unpaired) electrons. The van der Waals surface area contributed by atoms with Crippen molar-refractivity contribution in [3.05, 3.63) is 34.9 Å². The van der Waals surface area contributed by atoms with Gasteiger partial charge in [0.1, 0.15) is 0 Å². The first-order valence-corrected chi connectivity index (χ1v) is 7.79. The van der Waals surface area contributed by atoms with Gasteiger partial charge in [-0.05, 0) is 57.0 Å². The number of nitrogens with one attached hydrogen (secondary N) is 1. The van der Waals surface area contributed by atoms with Crippen LogP contribution in [0.5, 0.6) is 0 Å². The Kier molecular flexibility index (Phi) is 4.11. The van der Waals surface area contributed by atoms with Gasteiger partial charge in [0.25, 0.3) is 0 Å². The smallest absolute Gasteiger partial charge is 0.0897 e. The van der Waals surface area contributed by atoms with E-state index in [1.807, 2.05) is 7.05 Å². The molecule has 0 aliphatic carbocycles. The second-order valence-electron chi connectivity index (χ2n) is 6.22. The quantitative estimate of drug-likeness (QED) is 0.916. The molecule has 2 aliphatic heterocycles. The minimum Gasteiger partial charge on any atom is -0.373 e. The fourth-order valence-corrected chi connectivity index (χ4v) is 3.70. The first-order chi connectivity index (χ1) is 9.70. The van der Waals surface area contributed by atoms with Crippen LogP contribution in [0.15, 0.2) is 18.2 Å². The maximum atomic E-state index is 6.19. The topological polar surface area (TPSA) is 24.5 Å². The first kappa shape index (κ1) is 14.1. The molecule has 0 amide bonds. The van der Waals surface area contributed by atoms with E-state index in [-0.39, 0.29) is 12.1 Å². The van der Waals surface area contributed by atoms with E-state index in [1.54, 1.807) is 0 Å². The lowest BCUT2D eigenvalue weighted by Gasteiger charge is -2.39. The molecule has 0 saturated carbocycles. The van der Waals surface area contributed by atoms with Crippen LogP contribution in [0.25, 0.3) is 0 Å². The number of hydrogen-bond acceptors (Lipinski definition) is 3. The minimum absolute atomic E-state index is 0.259. The van der Waals surface area contributed by atoms with Gasteiger partial charge in [-0.25, -0.2) is 0 Å². The summed E-state index contributed by atoms with van der Waals surface area (Å²) in [7, 11) is 2.05. The van der Waals surface area contributed by atoms with Crippen LogP contribution in [0.4, 0.5) is 0 Å². The van der Waals surface area contributed by atoms with E-state index in [9.17, 15) is 0 Å². The number of fused-ring (bicyclic) bond motifs is 1. The highest BCUT2D eigenvalue weighted by Crippen LogP contribution is 2.30. The van der Waals surface area contributed by atoms with E-state index >= 15 is 0 Å². The Hall–Kier alpha value is -0.900.